The average molecular weight is 266 g/mol. The van der Waals surface area contributed by atoms with Crippen molar-refractivity contribution in [2.45, 2.75) is 12.5 Å². The molecule has 18 heavy (non-hydrogen) atoms. The molecule has 0 aliphatic heterocycles. The molecule has 1 aromatic heterocycles. The van der Waals surface area contributed by atoms with Crippen LogP contribution in [0.3, 0.4) is 0 Å². The summed E-state index contributed by atoms with van der Waals surface area (Å²) < 4.78 is 10.5. The molecule has 1 aromatic carbocycles. The van der Waals surface area contributed by atoms with Gasteiger partial charge in [-0.15, -0.1) is 0 Å². The lowest BCUT2D eigenvalue weighted by Crippen LogP contribution is -2.18. The lowest BCUT2D eigenvalue weighted by molar-refractivity contribution is 0.406. The Morgan fingerprint density at radius 1 is 1.33 bits per heavy atom. The first-order chi connectivity index (χ1) is 8.76. The van der Waals surface area contributed by atoms with Gasteiger partial charge in [0.25, 0.3) is 0 Å². The van der Waals surface area contributed by atoms with Crippen LogP contribution in [-0.4, -0.2) is 14.2 Å². The Labute approximate surface area is 112 Å². The standard InChI is InChI=1S/C14H16ClNO2/c1-16-12(11-7-8-18-14(11)15)9-10-5-3-4-6-13(10)17-2/h3-8,12,16H,9H2,1-2H3. The van der Waals surface area contributed by atoms with Crippen LogP contribution in [0.5, 0.6) is 5.75 Å². The molecule has 2 rings (SSSR count). The van der Waals surface area contributed by atoms with E-state index in [0.29, 0.717) is 5.22 Å². The molecule has 2 aromatic rings. The predicted octanol–water partition coefficient (Wildman–Crippen LogP) is 3.44. The monoisotopic (exact) mass is 265 g/mol. The first-order valence-electron chi connectivity index (χ1n) is 5.78. The summed E-state index contributed by atoms with van der Waals surface area (Å²) in [6, 6.07) is 9.96. The molecular formula is C14H16ClNO2. The molecule has 3 nitrogen and oxygen atoms in total. The van der Waals surface area contributed by atoms with Crippen LogP contribution in [0.2, 0.25) is 5.22 Å². The maximum absolute atomic E-state index is 6.02. The van der Waals surface area contributed by atoms with Crippen molar-refractivity contribution in [3.05, 3.63) is 52.9 Å². The van der Waals surface area contributed by atoms with Crippen molar-refractivity contribution in [1.82, 2.24) is 5.32 Å². The third-order valence-corrected chi connectivity index (χ3v) is 3.29. The molecule has 0 fully saturated rings. The molecule has 0 radical (unpaired) electrons. The minimum atomic E-state index is 0.104. The molecular weight excluding hydrogens is 250 g/mol. The summed E-state index contributed by atoms with van der Waals surface area (Å²) in [6.07, 6.45) is 2.39. The summed E-state index contributed by atoms with van der Waals surface area (Å²) in [5.41, 5.74) is 2.10. The summed E-state index contributed by atoms with van der Waals surface area (Å²) >= 11 is 6.02. The maximum Gasteiger partial charge on any atom is 0.197 e. The number of hydrogen-bond acceptors (Lipinski definition) is 3. The smallest absolute Gasteiger partial charge is 0.197 e. The highest BCUT2D eigenvalue weighted by Gasteiger charge is 2.17. The quantitative estimate of drug-likeness (QED) is 0.899. The van der Waals surface area contributed by atoms with Gasteiger partial charge in [-0.1, -0.05) is 18.2 Å². The normalized spacial score (nSPS) is 12.4. The zero-order chi connectivity index (χ0) is 13.0. The van der Waals surface area contributed by atoms with E-state index < -0.39 is 0 Å². The maximum atomic E-state index is 6.02. The zero-order valence-corrected chi connectivity index (χ0v) is 11.2. The molecule has 0 saturated carbocycles. The fraction of sp³-hybridized carbons (Fsp3) is 0.286. The van der Waals surface area contributed by atoms with E-state index >= 15 is 0 Å². The van der Waals surface area contributed by atoms with Crippen molar-refractivity contribution in [3.63, 3.8) is 0 Å². The first-order valence-corrected chi connectivity index (χ1v) is 6.16. The largest absolute Gasteiger partial charge is 0.496 e. The number of para-hydroxylation sites is 1. The highest BCUT2D eigenvalue weighted by molar-refractivity contribution is 6.29. The van der Waals surface area contributed by atoms with Crippen LogP contribution in [0, 0.1) is 0 Å². The van der Waals surface area contributed by atoms with Crippen LogP contribution in [0.1, 0.15) is 17.2 Å². The van der Waals surface area contributed by atoms with Gasteiger partial charge in [0, 0.05) is 11.6 Å². The first kappa shape index (κ1) is 13.0. The molecule has 96 valence electrons. The summed E-state index contributed by atoms with van der Waals surface area (Å²) in [4.78, 5) is 0. The third-order valence-electron chi connectivity index (χ3n) is 2.99. The lowest BCUT2D eigenvalue weighted by atomic mass is 10.0. The van der Waals surface area contributed by atoms with Gasteiger partial charge in [0.15, 0.2) is 5.22 Å². The molecule has 0 amide bonds. The second-order valence-electron chi connectivity index (χ2n) is 4.01. The van der Waals surface area contributed by atoms with Gasteiger partial charge in [-0.3, -0.25) is 0 Å². The minimum absolute atomic E-state index is 0.104. The summed E-state index contributed by atoms with van der Waals surface area (Å²) in [5, 5.41) is 3.68. The summed E-state index contributed by atoms with van der Waals surface area (Å²) in [5.74, 6) is 0.886. The minimum Gasteiger partial charge on any atom is -0.496 e. The Balaban J connectivity index is 2.23. The number of ether oxygens (including phenoxy) is 1. The third kappa shape index (κ3) is 2.68. The Kier molecular flexibility index (Phi) is 4.28. The van der Waals surface area contributed by atoms with E-state index in [4.69, 9.17) is 20.8 Å². The molecule has 1 N–H and O–H groups in total. The Bertz CT molecular complexity index is 510. The van der Waals surface area contributed by atoms with Crippen LogP contribution in [-0.2, 0) is 6.42 Å². The van der Waals surface area contributed by atoms with Crippen molar-refractivity contribution >= 4 is 11.6 Å². The Morgan fingerprint density at radius 3 is 2.72 bits per heavy atom. The SMILES string of the molecule is CNC(Cc1ccccc1OC)c1ccoc1Cl. The second-order valence-corrected chi connectivity index (χ2v) is 4.35. The topological polar surface area (TPSA) is 34.4 Å². The van der Waals surface area contributed by atoms with E-state index in [2.05, 4.69) is 11.4 Å². The number of rotatable bonds is 5. The number of nitrogens with one attached hydrogen (secondary N) is 1. The summed E-state index contributed by atoms with van der Waals surface area (Å²) in [7, 11) is 3.58. The number of likely N-dealkylation sites (N-methyl/N-ethyl adjacent to an activating group) is 1. The van der Waals surface area contributed by atoms with Crippen molar-refractivity contribution in [2.75, 3.05) is 14.2 Å². The zero-order valence-electron chi connectivity index (χ0n) is 10.4. The van der Waals surface area contributed by atoms with Crippen molar-refractivity contribution < 1.29 is 9.15 Å². The van der Waals surface area contributed by atoms with Crippen molar-refractivity contribution in [1.29, 1.82) is 0 Å². The van der Waals surface area contributed by atoms with Crippen molar-refractivity contribution in [3.8, 4) is 5.75 Å². The fourth-order valence-corrected chi connectivity index (χ4v) is 2.26. The average Bonchev–Trinajstić information content (AvgIpc) is 2.82. The number of furan rings is 1. The van der Waals surface area contributed by atoms with Gasteiger partial charge in [0.1, 0.15) is 5.75 Å². The molecule has 4 heteroatoms. The summed E-state index contributed by atoms with van der Waals surface area (Å²) in [6.45, 7) is 0. The number of methoxy groups -OCH3 is 1. The number of benzene rings is 1. The lowest BCUT2D eigenvalue weighted by Gasteiger charge is -2.16. The number of halogens is 1. The van der Waals surface area contributed by atoms with E-state index in [0.717, 1.165) is 23.3 Å². The molecule has 1 unspecified atom stereocenters. The molecule has 0 spiro atoms. The number of hydrogen-bond donors (Lipinski definition) is 1. The van der Waals surface area contributed by atoms with Gasteiger partial charge in [-0.25, -0.2) is 0 Å². The molecule has 0 aliphatic rings. The van der Waals surface area contributed by atoms with Crippen LogP contribution >= 0.6 is 11.6 Å². The van der Waals surface area contributed by atoms with Crippen LogP contribution in [0.25, 0.3) is 0 Å². The van der Waals surface area contributed by atoms with E-state index in [1.807, 2.05) is 31.3 Å². The fourth-order valence-electron chi connectivity index (χ4n) is 2.01. The highest BCUT2D eigenvalue weighted by atomic mass is 35.5. The Morgan fingerprint density at radius 2 is 2.11 bits per heavy atom. The molecule has 1 heterocycles. The van der Waals surface area contributed by atoms with Gasteiger partial charge in [0.05, 0.1) is 13.4 Å². The second kappa shape index (κ2) is 5.94. The predicted molar refractivity (Wildman–Crippen MR) is 72.2 cm³/mol. The van der Waals surface area contributed by atoms with Crippen molar-refractivity contribution in [2.24, 2.45) is 0 Å². The van der Waals surface area contributed by atoms with Gasteiger partial charge in [-0.05, 0) is 42.8 Å². The van der Waals surface area contributed by atoms with E-state index in [9.17, 15) is 0 Å². The molecule has 1 atom stereocenters. The molecule has 0 bridgehead atoms. The van der Waals surface area contributed by atoms with E-state index in [-0.39, 0.29) is 6.04 Å². The molecule has 0 saturated heterocycles. The van der Waals surface area contributed by atoms with E-state index in [1.54, 1.807) is 13.4 Å². The molecule has 0 aliphatic carbocycles. The Hall–Kier alpha value is -1.45. The van der Waals surface area contributed by atoms with Crippen LogP contribution in [0.15, 0.2) is 41.0 Å². The van der Waals surface area contributed by atoms with Gasteiger partial charge < -0.3 is 14.5 Å². The van der Waals surface area contributed by atoms with Crippen LogP contribution < -0.4 is 10.1 Å². The van der Waals surface area contributed by atoms with E-state index in [1.165, 1.54) is 0 Å². The van der Waals surface area contributed by atoms with Gasteiger partial charge >= 0.3 is 0 Å². The van der Waals surface area contributed by atoms with Crippen LogP contribution in [0.4, 0.5) is 0 Å². The highest BCUT2D eigenvalue weighted by Crippen LogP contribution is 2.29. The van der Waals surface area contributed by atoms with Gasteiger partial charge in [0.2, 0.25) is 0 Å². The van der Waals surface area contributed by atoms with Gasteiger partial charge in [-0.2, -0.15) is 0 Å².